The summed E-state index contributed by atoms with van der Waals surface area (Å²) in [6.07, 6.45) is 1.03. The molecule has 36 heavy (non-hydrogen) atoms. The predicted molar refractivity (Wildman–Crippen MR) is 126 cm³/mol. The number of hydrogen-bond donors (Lipinski definition) is 3. The molecule has 2 atom stereocenters. The van der Waals surface area contributed by atoms with Crippen molar-refractivity contribution in [3.8, 4) is 0 Å². The average molecular weight is 514 g/mol. The van der Waals surface area contributed by atoms with Crippen molar-refractivity contribution < 1.29 is 32.3 Å². The highest BCUT2D eigenvalue weighted by atomic mass is 19.4. The molecule has 0 radical (unpaired) electrons. The third-order valence-electron chi connectivity index (χ3n) is 6.31. The van der Waals surface area contributed by atoms with Gasteiger partial charge in [-0.25, -0.2) is 9.59 Å². The molecule has 2 fully saturated rings. The van der Waals surface area contributed by atoms with Gasteiger partial charge in [0.25, 0.3) is 0 Å². The molecule has 0 bridgehead atoms. The van der Waals surface area contributed by atoms with E-state index in [1.165, 1.54) is 12.4 Å². The van der Waals surface area contributed by atoms with Crippen LogP contribution in [0.4, 0.5) is 28.4 Å². The highest BCUT2D eigenvalue weighted by Crippen LogP contribution is 2.31. The van der Waals surface area contributed by atoms with Crippen LogP contribution in [-0.2, 0) is 16.1 Å². The first-order valence-electron chi connectivity index (χ1n) is 12.1. The lowest BCUT2D eigenvalue weighted by molar-refractivity contribution is -0.149. The Morgan fingerprint density at radius 2 is 1.86 bits per heavy atom. The van der Waals surface area contributed by atoms with Crippen LogP contribution in [0.15, 0.2) is 18.5 Å². The van der Waals surface area contributed by atoms with Crippen molar-refractivity contribution in [1.29, 1.82) is 0 Å². The number of amides is 4. The van der Waals surface area contributed by atoms with E-state index >= 15 is 0 Å². The lowest BCUT2D eigenvalue weighted by Gasteiger charge is -2.33. The van der Waals surface area contributed by atoms with E-state index in [1.54, 1.807) is 26.8 Å². The van der Waals surface area contributed by atoms with Crippen LogP contribution in [0.1, 0.15) is 58.9 Å². The first kappa shape index (κ1) is 27.5. The minimum atomic E-state index is -4.54. The Labute approximate surface area is 208 Å². The van der Waals surface area contributed by atoms with Crippen LogP contribution in [0, 0.1) is 11.8 Å². The molecule has 1 saturated carbocycles. The fourth-order valence-electron chi connectivity index (χ4n) is 4.44. The molecule has 1 saturated heterocycles. The molecule has 1 aliphatic carbocycles. The Morgan fingerprint density at radius 3 is 2.44 bits per heavy atom. The molecule has 2 heterocycles. The zero-order chi connectivity index (χ0) is 26.7. The minimum absolute atomic E-state index is 0.0718. The van der Waals surface area contributed by atoms with Crippen LogP contribution in [-0.4, -0.2) is 58.3 Å². The van der Waals surface area contributed by atoms with Gasteiger partial charge in [0.05, 0.1) is 18.4 Å². The number of pyridine rings is 1. The van der Waals surface area contributed by atoms with Crippen molar-refractivity contribution in [2.75, 3.05) is 11.9 Å². The van der Waals surface area contributed by atoms with Gasteiger partial charge in [0.2, 0.25) is 5.91 Å². The number of alkyl carbamates (subject to hydrolysis) is 1. The van der Waals surface area contributed by atoms with Crippen molar-refractivity contribution in [1.82, 2.24) is 20.5 Å². The fourth-order valence-corrected chi connectivity index (χ4v) is 4.44. The molecule has 3 rings (SSSR count). The molecule has 2 aliphatic rings. The van der Waals surface area contributed by atoms with E-state index in [0.29, 0.717) is 17.2 Å². The second-order valence-electron chi connectivity index (χ2n) is 10.6. The molecule has 9 nitrogen and oxygen atoms in total. The molecule has 0 aromatic carbocycles. The van der Waals surface area contributed by atoms with Gasteiger partial charge in [-0.3, -0.25) is 9.78 Å². The van der Waals surface area contributed by atoms with Crippen LogP contribution in [0.3, 0.4) is 0 Å². The highest BCUT2D eigenvalue weighted by molar-refractivity contribution is 5.96. The number of nitrogens with zero attached hydrogens (tertiary/aromatic N) is 2. The Balaban J connectivity index is 1.69. The van der Waals surface area contributed by atoms with Gasteiger partial charge < -0.3 is 25.6 Å². The van der Waals surface area contributed by atoms with Crippen LogP contribution < -0.4 is 16.0 Å². The first-order chi connectivity index (χ1) is 16.7. The summed E-state index contributed by atoms with van der Waals surface area (Å²) < 4.78 is 44.2. The van der Waals surface area contributed by atoms with Gasteiger partial charge in [0, 0.05) is 12.7 Å². The SMILES string of the molecule is CC1CCC([C@H](NC(=O)OC(C)(C)C)C(=O)Nc2cncc(CN3C[C@@H](C(F)(F)F)NC3=O)c2)CC1. The van der Waals surface area contributed by atoms with Crippen molar-refractivity contribution in [3.05, 3.63) is 24.0 Å². The third kappa shape index (κ3) is 7.72. The maximum atomic E-state index is 13.2. The zero-order valence-corrected chi connectivity index (χ0v) is 20.9. The second kappa shape index (κ2) is 10.9. The summed E-state index contributed by atoms with van der Waals surface area (Å²) in [5, 5.41) is 7.39. The van der Waals surface area contributed by atoms with E-state index in [4.69, 9.17) is 4.74 Å². The second-order valence-corrected chi connectivity index (χ2v) is 10.6. The van der Waals surface area contributed by atoms with E-state index in [1.807, 2.05) is 5.32 Å². The summed E-state index contributed by atoms with van der Waals surface area (Å²) in [6.45, 7) is 6.74. The Hall–Kier alpha value is -3.05. The summed E-state index contributed by atoms with van der Waals surface area (Å²) >= 11 is 0. The molecule has 200 valence electrons. The smallest absolute Gasteiger partial charge is 0.410 e. The average Bonchev–Trinajstić information content (AvgIpc) is 3.12. The maximum absolute atomic E-state index is 13.2. The number of nitrogens with one attached hydrogen (secondary N) is 3. The van der Waals surface area contributed by atoms with E-state index in [9.17, 15) is 27.6 Å². The molecule has 1 aromatic rings. The third-order valence-corrected chi connectivity index (χ3v) is 6.31. The molecule has 1 aromatic heterocycles. The predicted octanol–water partition coefficient (Wildman–Crippen LogP) is 4.20. The molecule has 0 unspecified atom stereocenters. The van der Waals surface area contributed by atoms with E-state index in [0.717, 1.165) is 30.6 Å². The number of alkyl halides is 3. The topological polar surface area (TPSA) is 113 Å². The molecule has 4 amide bonds. The van der Waals surface area contributed by atoms with Crippen LogP contribution in [0.5, 0.6) is 0 Å². The lowest BCUT2D eigenvalue weighted by Crippen LogP contribution is -2.50. The highest BCUT2D eigenvalue weighted by Gasteiger charge is 2.46. The number of carbonyl (C=O) groups excluding carboxylic acids is 3. The Kier molecular flexibility index (Phi) is 8.35. The summed E-state index contributed by atoms with van der Waals surface area (Å²) in [5.74, 6) is 0.0416. The van der Waals surface area contributed by atoms with Crippen LogP contribution in [0.25, 0.3) is 0 Å². The Morgan fingerprint density at radius 1 is 1.19 bits per heavy atom. The van der Waals surface area contributed by atoms with Gasteiger partial charge >= 0.3 is 18.3 Å². The van der Waals surface area contributed by atoms with Crippen LogP contribution >= 0.6 is 0 Å². The number of anilines is 1. The largest absolute Gasteiger partial charge is 0.444 e. The van der Waals surface area contributed by atoms with Crippen molar-refractivity contribution in [3.63, 3.8) is 0 Å². The van der Waals surface area contributed by atoms with Gasteiger partial charge in [-0.1, -0.05) is 19.8 Å². The zero-order valence-electron chi connectivity index (χ0n) is 20.9. The number of carbonyl (C=O) groups is 3. The number of urea groups is 1. The number of hydrogen-bond acceptors (Lipinski definition) is 5. The van der Waals surface area contributed by atoms with Crippen molar-refractivity contribution in [2.45, 2.75) is 83.8 Å². The van der Waals surface area contributed by atoms with E-state index in [-0.39, 0.29) is 12.5 Å². The summed E-state index contributed by atoms with van der Waals surface area (Å²) in [7, 11) is 0. The van der Waals surface area contributed by atoms with Gasteiger partial charge in [0.15, 0.2) is 0 Å². The van der Waals surface area contributed by atoms with Crippen molar-refractivity contribution in [2.24, 2.45) is 11.8 Å². The van der Waals surface area contributed by atoms with Gasteiger partial charge in [0.1, 0.15) is 17.7 Å². The summed E-state index contributed by atoms with van der Waals surface area (Å²) in [5.41, 5.74) is 0.0378. The number of halogens is 3. The van der Waals surface area contributed by atoms with Gasteiger partial charge in [-0.05, 0) is 57.1 Å². The molecule has 12 heteroatoms. The van der Waals surface area contributed by atoms with E-state index in [2.05, 4.69) is 22.5 Å². The maximum Gasteiger partial charge on any atom is 0.410 e. The Bertz CT molecular complexity index is 958. The summed E-state index contributed by atoms with van der Waals surface area (Å²) in [4.78, 5) is 42.8. The quantitative estimate of drug-likeness (QED) is 0.528. The van der Waals surface area contributed by atoms with Crippen LogP contribution in [0.2, 0.25) is 0 Å². The van der Waals surface area contributed by atoms with Crippen molar-refractivity contribution >= 4 is 23.7 Å². The van der Waals surface area contributed by atoms with Gasteiger partial charge in [-0.15, -0.1) is 0 Å². The standard InChI is InChI=1S/C24H34F3N5O4/c1-14-5-7-16(8-6-14)19(31-22(35)36-23(2,3)4)20(33)29-17-9-15(10-28-11-17)12-32-13-18(24(25,26)27)30-21(32)34/h9-11,14,16,18-19H,5-8,12-13H2,1-4H3,(H,29,33)(H,30,34)(H,31,35)/t14?,16?,18-,19-/m0/s1. The minimum Gasteiger partial charge on any atom is -0.444 e. The monoisotopic (exact) mass is 513 g/mol. The number of aromatic nitrogens is 1. The molecular weight excluding hydrogens is 479 g/mol. The normalized spacial score (nSPS) is 23.6. The summed E-state index contributed by atoms with van der Waals surface area (Å²) in [6, 6.07) is -2.03. The van der Waals surface area contributed by atoms with E-state index < -0.39 is 48.4 Å². The van der Waals surface area contributed by atoms with Gasteiger partial charge in [-0.2, -0.15) is 13.2 Å². The fraction of sp³-hybridized carbons (Fsp3) is 0.667. The lowest BCUT2D eigenvalue weighted by atomic mass is 9.79. The number of ether oxygens (including phenoxy) is 1. The molecular formula is C24H34F3N5O4. The molecule has 3 N–H and O–H groups in total. The molecule has 1 aliphatic heterocycles. The number of rotatable bonds is 6. The molecule has 0 spiro atoms. The first-order valence-corrected chi connectivity index (χ1v) is 12.1.